The van der Waals surface area contributed by atoms with E-state index in [9.17, 15) is 9.59 Å². The number of fused-ring (bicyclic) bond motifs is 1. The van der Waals surface area contributed by atoms with E-state index >= 15 is 0 Å². The lowest BCUT2D eigenvalue weighted by Gasteiger charge is -2.30. The number of nitrogens with zero attached hydrogens (tertiary/aromatic N) is 1. The number of nitrogens with one attached hydrogen (secondary N) is 1. The van der Waals surface area contributed by atoms with Gasteiger partial charge in [0, 0.05) is 10.5 Å². The van der Waals surface area contributed by atoms with E-state index < -0.39 is 0 Å². The minimum Gasteiger partial charge on any atom is -0.346 e. The van der Waals surface area contributed by atoms with Crippen LogP contribution in [0.4, 0.5) is 5.69 Å². The molecular weight excluding hydrogens is 476 g/mol. The minimum absolute atomic E-state index is 0.0243. The van der Waals surface area contributed by atoms with Crippen molar-refractivity contribution in [2.75, 3.05) is 4.90 Å². The number of amides is 2. The highest BCUT2D eigenvalue weighted by molar-refractivity contribution is 8.04. The van der Waals surface area contributed by atoms with Crippen molar-refractivity contribution in [1.29, 1.82) is 0 Å². The van der Waals surface area contributed by atoms with E-state index in [1.807, 2.05) is 90.7 Å². The molecule has 0 bridgehead atoms. The SMILES string of the molecule is Cc1cccc(CN2C(=O)C(=Cc3ccc(C(=O)NC(C)c4ccccc4)cc3)Sc3ccccc32)c1. The molecule has 1 heterocycles. The van der Waals surface area contributed by atoms with Gasteiger partial charge in [-0.2, -0.15) is 0 Å². The predicted molar refractivity (Wildman–Crippen MR) is 151 cm³/mol. The van der Waals surface area contributed by atoms with Gasteiger partial charge in [-0.3, -0.25) is 9.59 Å². The molecule has 0 spiro atoms. The van der Waals surface area contributed by atoms with Crippen LogP contribution in [0.15, 0.2) is 113 Å². The van der Waals surface area contributed by atoms with Gasteiger partial charge in [-0.1, -0.05) is 96.2 Å². The number of anilines is 1. The average molecular weight is 505 g/mol. The molecule has 0 saturated carbocycles. The van der Waals surface area contributed by atoms with E-state index in [-0.39, 0.29) is 17.9 Å². The van der Waals surface area contributed by atoms with Gasteiger partial charge in [-0.25, -0.2) is 0 Å². The lowest BCUT2D eigenvalue weighted by atomic mass is 10.1. The first-order valence-corrected chi connectivity index (χ1v) is 13.1. The highest BCUT2D eigenvalue weighted by Crippen LogP contribution is 2.42. The first-order chi connectivity index (χ1) is 18.0. The van der Waals surface area contributed by atoms with Crippen LogP contribution < -0.4 is 10.2 Å². The summed E-state index contributed by atoms with van der Waals surface area (Å²) in [6, 6.07) is 33.4. The molecule has 0 saturated heterocycles. The molecule has 0 aromatic heterocycles. The molecule has 37 heavy (non-hydrogen) atoms. The summed E-state index contributed by atoms with van der Waals surface area (Å²) in [5.41, 5.74) is 5.70. The molecule has 1 aliphatic rings. The maximum absolute atomic E-state index is 13.6. The zero-order valence-corrected chi connectivity index (χ0v) is 21.7. The van der Waals surface area contributed by atoms with Crippen molar-refractivity contribution < 1.29 is 9.59 Å². The fourth-order valence-corrected chi connectivity index (χ4v) is 5.46. The predicted octanol–water partition coefficient (Wildman–Crippen LogP) is 7.17. The monoisotopic (exact) mass is 504 g/mol. The van der Waals surface area contributed by atoms with E-state index in [0.717, 1.165) is 27.3 Å². The fraction of sp³-hybridized carbons (Fsp3) is 0.125. The summed E-state index contributed by atoms with van der Waals surface area (Å²) < 4.78 is 0. The first kappa shape index (κ1) is 24.6. The van der Waals surface area contributed by atoms with E-state index in [0.29, 0.717) is 17.0 Å². The second-order valence-corrected chi connectivity index (χ2v) is 10.3. The Bertz CT molecular complexity index is 1460. The summed E-state index contributed by atoms with van der Waals surface area (Å²) in [6.45, 7) is 4.54. The third kappa shape index (κ3) is 5.68. The third-order valence-corrected chi connectivity index (χ3v) is 7.45. The Labute approximate surface area is 222 Å². The van der Waals surface area contributed by atoms with Gasteiger partial charge >= 0.3 is 0 Å². The van der Waals surface area contributed by atoms with Crippen molar-refractivity contribution in [2.45, 2.75) is 31.3 Å². The number of para-hydroxylation sites is 1. The van der Waals surface area contributed by atoms with Gasteiger partial charge in [0.25, 0.3) is 11.8 Å². The molecule has 2 amide bonds. The van der Waals surface area contributed by atoms with E-state index in [2.05, 4.69) is 30.4 Å². The molecular formula is C32H28N2O2S. The lowest BCUT2D eigenvalue weighted by molar-refractivity contribution is -0.114. The van der Waals surface area contributed by atoms with E-state index in [1.54, 1.807) is 12.1 Å². The molecule has 4 aromatic rings. The van der Waals surface area contributed by atoms with Crippen molar-refractivity contribution in [3.05, 3.63) is 136 Å². The molecule has 5 rings (SSSR count). The van der Waals surface area contributed by atoms with E-state index in [4.69, 9.17) is 0 Å². The molecule has 1 aliphatic heterocycles. The molecule has 0 fully saturated rings. The Morgan fingerprint density at radius 2 is 1.65 bits per heavy atom. The normalized spacial score (nSPS) is 14.8. The van der Waals surface area contributed by atoms with E-state index in [1.165, 1.54) is 17.3 Å². The molecule has 5 heteroatoms. The molecule has 184 valence electrons. The smallest absolute Gasteiger partial charge is 0.265 e. The Kier molecular flexibility index (Phi) is 7.24. The number of rotatable bonds is 6. The number of hydrogen-bond donors (Lipinski definition) is 1. The standard InChI is InChI=1S/C32H28N2O2S/c1-22-9-8-10-25(19-22)21-34-28-13-6-7-14-29(28)37-30(32(34)36)20-24-15-17-27(18-16-24)31(35)33-23(2)26-11-4-3-5-12-26/h3-20,23H,21H2,1-2H3,(H,33,35). The van der Waals surface area contributed by atoms with Crippen LogP contribution in [0.3, 0.4) is 0 Å². The Morgan fingerprint density at radius 3 is 2.41 bits per heavy atom. The van der Waals surface area contributed by atoms with Gasteiger partial charge in [-0.15, -0.1) is 0 Å². The summed E-state index contributed by atoms with van der Waals surface area (Å²) in [6.07, 6.45) is 1.90. The Morgan fingerprint density at radius 1 is 0.919 bits per heavy atom. The van der Waals surface area contributed by atoms with Crippen LogP contribution >= 0.6 is 11.8 Å². The molecule has 4 aromatic carbocycles. The molecule has 4 nitrogen and oxygen atoms in total. The molecule has 1 N–H and O–H groups in total. The van der Waals surface area contributed by atoms with Crippen LogP contribution in [0.25, 0.3) is 6.08 Å². The quantitative estimate of drug-likeness (QED) is 0.283. The summed E-state index contributed by atoms with van der Waals surface area (Å²) in [5, 5.41) is 3.04. The van der Waals surface area contributed by atoms with Crippen LogP contribution in [-0.2, 0) is 11.3 Å². The van der Waals surface area contributed by atoms with Gasteiger partial charge in [0.2, 0.25) is 0 Å². The van der Waals surface area contributed by atoms with Crippen molar-refractivity contribution in [2.24, 2.45) is 0 Å². The summed E-state index contributed by atoms with van der Waals surface area (Å²) in [5.74, 6) is -0.152. The number of benzene rings is 4. The summed E-state index contributed by atoms with van der Waals surface area (Å²) >= 11 is 1.48. The number of carbonyl (C=O) groups is 2. The molecule has 1 atom stereocenters. The van der Waals surface area contributed by atoms with Gasteiger partial charge < -0.3 is 10.2 Å². The van der Waals surface area contributed by atoms with Crippen molar-refractivity contribution in [1.82, 2.24) is 5.32 Å². The number of carbonyl (C=O) groups excluding carboxylic acids is 2. The van der Waals surface area contributed by atoms with Crippen LogP contribution in [0, 0.1) is 6.92 Å². The van der Waals surface area contributed by atoms with Crippen molar-refractivity contribution in [3.8, 4) is 0 Å². The van der Waals surface area contributed by atoms with Gasteiger partial charge in [0.05, 0.1) is 23.2 Å². The van der Waals surface area contributed by atoms with Crippen molar-refractivity contribution >= 4 is 35.3 Å². The second kappa shape index (κ2) is 10.9. The summed E-state index contributed by atoms with van der Waals surface area (Å²) in [4.78, 5) is 29.9. The largest absolute Gasteiger partial charge is 0.346 e. The molecule has 1 unspecified atom stereocenters. The number of hydrogen-bond acceptors (Lipinski definition) is 3. The fourth-order valence-electron chi connectivity index (χ4n) is 4.40. The van der Waals surface area contributed by atoms with Crippen LogP contribution in [0.5, 0.6) is 0 Å². The van der Waals surface area contributed by atoms with Crippen LogP contribution in [0.2, 0.25) is 0 Å². The topological polar surface area (TPSA) is 49.4 Å². The van der Waals surface area contributed by atoms with Crippen LogP contribution in [0.1, 0.15) is 45.6 Å². The maximum Gasteiger partial charge on any atom is 0.265 e. The van der Waals surface area contributed by atoms with Gasteiger partial charge in [0.1, 0.15) is 0 Å². The van der Waals surface area contributed by atoms with Gasteiger partial charge in [-0.05, 0) is 60.9 Å². The van der Waals surface area contributed by atoms with Crippen molar-refractivity contribution in [3.63, 3.8) is 0 Å². The number of aryl methyl sites for hydroxylation is 1. The zero-order valence-electron chi connectivity index (χ0n) is 20.8. The third-order valence-electron chi connectivity index (χ3n) is 6.37. The maximum atomic E-state index is 13.6. The number of thioether (sulfide) groups is 1. The van der Waals surface area contributed by atoms with Gasteiger partial charge in [0.15, 0.2) is 0 Å². The average Bonchev–Trinajstić information content (AvgIpc) is 2.92. The van der Waals surface area contributed by atoms with Crippen LogP contribution in [-0.4, -0.2) is 11.8 Å². The summed E-state index contributed by atoms with van der Waals surface area (Å²) in [7, 11) is 0. The molecule has 0 radical (unpaired) electrons. The lowest BCUT2D eigenvalue weighted by Crippen LogP contribution is -2.33. The highest BCUT2D eigenvalue weighted by atomic mass is 32.2. The second-order valence-electron chi connectivity index (χ2n) is 9.19. The highest BCUT2D eigenvalue weighted by Gasteiger charge is 2.29. The first-order valence-electron chi connectivity index (χ1n) is 12.3. The Balaban J connectivity index is 1.35. The molecule has 0 aliphatic carbocycles. The zero-order chi connectivity index (χ0) is 25.8. The Hall–Kier alpha value is -4.09. The minimum atomic E-state index is -0.128.